The molecule has 3 aromatic heterocycles. The van der Waals surface area contributed by atoms with Gasteiger partial charge in [-0.15, -0.1) is 0 Å². The van der Waals surface area contributed by atoms with Crippen LogP contribution in [0, 0.1) is 0 Å². The van der Waals surface area contributed by atoms with Crippen molar-refractivity contribution in [2.45, 2.75) is 31.7 Å². The summed E-state index contributed by atoms with van der Waals surface area (Å²) in [5.74, 6) is 2.02. The summed E-state index contributed by atoms with van der Waals surface area (Å²) in [6.07, 6.45) is 9.52. The van der Waals surface area contributed by atoms with E-state index in [1.165, 1.54) is 0 Å². The van der Waals surface area contributed by atoms with E-state index in [1.807, 2.05) is 29.0 Å². The van der Waals surface area contributed by atoms with E-state index >= 15 is 0 Å². The highest BCUT2D eigenvalue weighted by Gasteiger charge is 2.50. The lowest BCUT2D eigenvalue weighted by Crippen LogP contribution is -2.56. The number of pyridine rings is 1. The summed E-state index contributed by atoms with van der Waals surface area (Å²) in [5.41, 5.74) is 0.910. The maximum absolute atomic E-state index is 12.7. The predicted octanol–water partition coefficient (Wildman–Crippen LogP) is 2.43. The number of imidazole rings is 1. The van der Waals surface area contributed by atoms with Crippen LogP contribution in [0.4, 0.5) is 11.5 Å². The van der Waals surface area contributed by atoms with E-state index in [0.717, 1.165) is 37.3 Å². The Morgan fingerprint density at radius 1 is 1.22 bits per heavy atom. The second kappa shape index (κ2) is 5.87. The van der Waals surface area contributed by atoms with E-state index in [9.17, 15) is 4.79 Å². The highest BCUT2D eigenvalue weighted by Crippen LogP contribution is 2.43. The van der Waals surface area contributed by atoms with Crippen LogP contribution in [-0.4, -0.2) is 42.5 Å². The van der Waals surface area contributed by atoms with Gasteiger partial charge in [0.1, 0.15) is 16.9 Å². The number of hydrogen-bond donors (Lipinski definition) is 1. The molecule has 1 saturated heterocycles. The average Bonchev–Trinajstić information content (AvgIpc) is 3.37. The van der Waals surface area contributed by atoms with Crippen molar-refractivity contribution in [1.29, 1.82) is 0 Å². The van der Waals surface area contributed by atoms with Crippen molar-refractivity contribution in [1.82, 2.24) is 24.5 Å². The molecule has 0 bridgehead atoms. The number of hydrogen-bond acceptors (Lipinski definition) is 6. The largest absolute Gasteiger partial charge is 0.340 e. The predicted molar refractivity (Wildman–Crippen MR) is 101 cm³/mol. The summed E-state index contributed by atoms with van der Waals surface area (Å²) >= 11 is 0. The molecule has 0 radical (unpaired) electrons. The van der Waals surface area contributed by atoms with Crippen LogP contribution >= 0.6 is 0 Å². The first-order valence-corrected chi connectivity index (χ1v) is 9.14. The zero-order valence-corrected chi connectivity index (χ0v) is 15.0. The van der Waals surface area contributed by atoms with Crippen molar-refractivity contribution in [3.63, 3.8) is 0 Å². The van der Waals surface area contributed by atoms with Crippen LogP contribution in [0.3, 0.4) is 0 Å². The Bertz CT molecular complexity index is 1020. The number of amides is 1. The average molecular weight is 361 g/mol. The molecule has 8 heteroatoms. The summed E-state index contributed by atoms with van der Waals surface area (Å²) in [6, 6.07) is 5.69. The summed E-state index contributed by atoms with van der Waals surface area (Å²) in [7, 11) is 0. The highest BCUT2D eigenvalue weighted by atomic mass is 16.2. The number of nitrogens with zero attached hydrogens (tertiary/aromatic N) is 6. The van der Waals surface area contributed by atoms with Crippen LogP contribution in [0.5, 0.6) is 0 Å². The molecule has 2 aliphatic heterocycles. The van der Waals surface area contributed by atoms with Crippen LogP contribution in [0.1, 0.15) is 26.2 Å². The molecular formula is C19H19N7O. The van der Waals surface area contributed by atoms with Crippen molar-refractivity contribution in [2.24, 2.45) is 0 Å². The molecule has 1 fully saturated rings. The maximum Gasteiger partial charge on any atom is 0.250 e. The van der Waals surface area contributed by atoms with E-state index < -0.39 is 5.54 Å². The van der Waals surface area contributed by atoms with Gasteiger partial charge in [0.15, 0.2) is 11.6 Å². The maximum atomic E-state index is 12.7. The Morgan fingerprint density at radius 3 is 2.96 bits per heavy atom. The number of nitrogens with one attached hydrogen (secondary N) is 1. The van der Waals surface area contributed by atoms with Gasteiger partial charge in [-0.05, 0) is 31.4 Å². The Balaban J connectivity index is 1.62. The molecule has 5 heterocycles. The SMILES string of the molecule is CCC12CCCN1c1nc(-n3ccnc3-c3ccccn3)ncc1NC2=O. The lowest BCUT2D eigenvalue weighted by atomic mass is 9.90. The third kappa shape index (κ3) is 2.26. The van der Waals surface area contributed by atoms with Gasteiger partial charge in [0.2, 0.25) is 11.9 Å². The molecule has 1 unspecified atom stereocenters. The van der Waals surface area contributed by atoms with Crippen LogP contribution < -0.4 is 10.2 Å². The van der Waals surface area contributed by atoms with Gasteiger partial charge in [-0.2, -0.15) is 4.98 Å². The van der Waals surface area contributed by atoms with Crippen molar-refractivity contribution in [2.75, 3.05) is 16.8 Å². The number of fused-ring (bicyclic) bond motifs is 3. The Labute approximate surface area is 156 Å². The standard InChI is InChI=1S/C19H19N7O/c1-2-19-7-5-10-26(19)16-14(23-17(19)27)12-22-18(24-16)25-11-9-21-15(25)13-6-3-4-8-20-13/h3-4,6,8-9,11-12H,2,5,7,10H2,1H3,(H,23,27). The lowest BCUT2D eigenvalue weighted by Gasteiger charge is -2.41. The molecular weight excluding hydrogens is 342 g/mol. The van der Waals surface area contributed by atoms with Crippen molar-refractivity contribution < 1.29 is 4.79 Å². The number of aromatic nitrogens is 5. The fraction of sp³-hybridized carbons (Fsp3) is 0.316. The van der Waals surface area contributed by atoms with Crippen molar-refractivity contribution >= 4 is 17.4 Å². The quantitative estimate of drug-likeness (QED) is 0.771. The molecule has 27 heavy (non-hydrogen) atoms. The summed E-state index contributed by atoms with van der Waals surface area (Å²) in [5, 5.41) is 3.00. The first kappa shape index (κ1) is 15.9. The van der Waals surface area contributed by atoms with Gasteiger partial charge in [0.05, 0.1) is 6.20 Å². The number of rotatable bonds is 3. The van der Waals surface area contributed by atoms with Gasteiger partial charge in [0, 0.05) is 25.1 Å². The Hall–Kier alpha value is -3.29. The molecule has 0 spiro atoms. The minimum Gasteiger partial charge on any atom is -0.340 e. The normalized spacial score (nSPS) is 20.9. The van der Waals surface area contributed by atoms with Gasteiger partial charge >= 0.3 is 0 Å². The summed E-state index contributed by atoms with van der Waals surface area (Å²) < 4.78 is 1.82. The van der Waals surface area contributed by atoms with Crippen LogP contribution in [0.2, 0.25) is 0 Å². The summed E-state index contributed by atoms with van der Waals surface area (Å²) in [4.78, 5) is 32.9. The molecule has 136 valence electrons. The van der Waals surface area contributed by atoms with Crippen LogP contribution in [0.25, 0.3) is 17.5 Å². The van der Waals surface area contributed by atoms with Gasteiger partial charge in [0.25, 0.3) is 0 Å². The monoisotopic (exact) mass is 361 g/mol. The van der Waals surface area contributed by atoms with Gasteiger partial charge in [-0.1, -0.05) is 13.0 Å². The van der Waals surface area contributed by atoms with Gasteiger partial charge < -0.3 is 10.2 Å². The minimum absolute atomic E-state index is 0.0446. The Kier molecular flexibility index (Phi) is 3.46. The molecule has 0 saturated carbocycles. The first-order valence-electron chi connectivity index (χ1n) is 9.14. The van der Waals surface area contributed by atoms with Crippen LogP contribution in [0.15, 0.2) is 43.0 Å². The highest BCUT2D eigenvalue weighted by molar-refractivity contribution is 6.06. The third-order valence-corrected chi connectivity index (χ3v) is 5.51. The number of carbonyl (C=O) groups is 1. The molecule has 0 aromatic carbocycles. The smallest absolute Gasteiger partial charge is 0.250 e. The van der Waals surface area contributed by atoms with Crippen molar-refractivity contribution in [3.8, 4) is 17.5 Å². The molecule has 8 nitrogen and oxygen atoms in total. The summed E-state index contributed by atoms with van der Waals surface area (Å²) in [6.45, 7) is 2.88. The number of anilines is 2. The minimum atomic E-state index is -0.503. The second-order valence-corrected chi connectivity index (χ2v) is 6.84. The van der Waals surface area contributed by atoms with E-state index in [2.05, 4.69) is 32.1 Å². The van der Waals surface area contributed by atoms with Gasteiger partial charge in [-0.3, -0.25) is 14.3 Å². The molecule has 3 aromatic rings. The van der Waals surface area contributed by atoms with Crippen LogP contribution in [-0.2, 0) is 4.79 Å². The van der Waals surface area contributed by atoms with E-state index in [0.29, 0.717) is 17.5 Å². The lowest BCUT2D eigenvalue weighted by molar-refractivity contribution is -0.121. The molecule has 2 aliphatic rings. The third-order valence-electron chi connectivity index (χ3n) is 5.51. The van der Waals surface area contributed by atoms with Gasteiger partial charge in [-0.25, -0.2) is 9.97 Å². The molecule has 1 atom stereocenters. The molecule has 5 rings (SSSR count). The molecule has 0 aliphatic carbocycles. The first-order chi connectivity index (χ1) is 13.2. The number of carbonyl (C=O) groups excluding carboxylic acids is 1. The molecule has 1 amide bonds. The second-order valence-electron chi connectivity index (χ2n) is 6.84. The molecule has 1 N–H and O–H groups in total. The van der Waals surface area contributed by atoms with Crippen molar-refractivity contribution in [3.05, 3.63) is 43.0 Å². The fourth-order valence-corrected chi connectivity index (χ4v) is 4.11. The Morgan fingerprint density at radius 2 is 2.15 bits per heavy atom. The zero-order chi connectivity index (χ0) is 18.4. The van der Waals surface area contributed by atoms with E-state index in [-0.39, 0.29) is 5.91 Å². The van der Waals surface area contributed by atoms with E-state index in [4.69, 9.17) is 4.98 Å². The zero-order valence-electron chi connectivity index (χ0n) is 15.0. The topological polar surface area (TPSA) is 88.8 Å². The fourth-order valence-electron chi connectivity index (χ4n) is 4.11. The van der Waals surface area contributed by atoms with E-state index in [1.54, 1.807) is 18.6 Å².